The van der Waals surface area contributed by atoms with Gasteiger partial charge in [0.1, 0.15) is 0 Å². The van der Waals surface area contributed by atoms with Crippen LogP contribution in [0.5, 0.6) is 0 Å². The lowest BCUT2D eigenvalue weighted by Crippen LogP contribution is -2.09. The van der Waals surface area contributed by atoms with E-state index in [9.17, 15) is 13.2 Å². The van der Waals surface area contributed by atoms with E-state index in [0.717, 1.165) is 12.1 Å². The zero-order chi connectivity index (χ0) is 15.3. The number of nitrogens with two attached hydrogens (primary N) is 1. The second kappa shape index (κ2) is 6.36. The Labute approximate surface area is 115 Å². The minimum atomic E-state index is -4.38. The van der Waals surface area contributed by atoms with E-state index in [1.165, 1.54) is 18.3 Å². The van der Waals surface area contributed by atoms with Crippen molar-refractivity contribution in [2.75, 3.05) is 7.05 Å². The van der Waals surface area contributed by atoms with Gasteiger partial charge in [0.2, 0.25) is 0 Å². The third-order valence-corrected chi connectivity index (χ3v) is 2.75. The fraction of sp³-hybridized carbons (Fsp3) is 0.286. The van der Waals surface area contributed by atoms with Gasteiger partial charge < -0.3 is 5.73 Å². The first kappa shape index (κ1) is 15.9. The normalized spacial score (nSPS) is 14.6. The van der Waals surface area contributed by atoms with Crippen molar-refractivity contribution in [3.63, 3.8) is 0 Å². The van der Waals surface area contributed by atoms with E-state index >= 15 is 0 Å². The highest BCUT2D eigenvalue weighted by atomic mass is 19.4. The van der Waals surface area contributed by atoms with Crippen LogP contribution in [0.2, 0.25) is 0 Å². The second-order valence-electron chi connectivity index (χ2n) is 4.13. The maximum Gasteiger partial charge on any atom is 0.416 e. The minimum Gasteiger partial charge on any atom is -0.404 e. The largest absolute Gasteiger partial charge is 0.416 e. The van der Waals surface area contributed by atoms with Crippen LogP contribution in [0.25, 0.3) is 0 Å². The summed E-state index contributed by atoms with van der Waals surface area (Å²) >= 11 is 0. The Morgan fingerprint density at radius 1 is 1.20 bits per heavy atom. The number of hydrogen-bond acceptors (Lipinski definition) is 3. The van der Waals surface area contributed by atoms with Crippen molar-refractivity contribution in [1.82, 2.24) is 0 Å². The molecule has 1 aromatic rings. The van der Waals surface area contributed by atoms with Crippen molar-refractivity contribution in [2.24, 2.45) is 15.7 Å². The average Bonchev–Trinajstić information content (AvgIpc) is 2.38. The lowest BCUT2D eigenvalue weighted by Gasteiger charge is -2.08. The van der Waals surface area contributed by atoms with E-state index in [0.29, 0.717) is 17.0 Å². The van der Waals surface area contributed by atoms with Gasteiger partial charge in [0.05, 0.1) is 11.3 Å². The van der Waals surface area contributed by atoms with E-state index < -0.39 is 11.7 Å². The highest BCUT2D eigenvalue weighted by Gasteiger charge is 2.30. The van der Waals surface area contributed by atoms with E-state index in [1.54, 1.807) is 20.9 Å². The fourth-order valence-electron chi connectivity index (χ4n) is 1.63. The standard InChI is InChI=1S/C14H16F3N3/c1-9(19-3)13(8-18)10(2)20-12-6-4-5-11(7-12)14(15,16)17/h4-8H,18H2,1-3H3. The molecule has 0 fully saturated rings. The third kappa shape index (κ3) is 3.94. The van der Waals surface area contributed by atoms with Crippen molar-refractivity contribution in [3.05, 3.63) is 41.6 Å². The van der Waals surface area contributed by atoms with Crippen LogP contribution < -0.4 is 5.73 Å². The van der Waals surface area contributed by atoms with Gasteiger partial charge in [-0.05, 0) is 32.0 Å². The summed E-state index contributed by atoms with van der Waals surface area (Å²) in [4.78, 5) is 8.15. The highest BCUT2D eigenvalue weighted by molar-refractivity contribution is 6.23. The zero-order valence-electron chi connectivity index (χ0n) is 11.5. The molecule has 0 aromatic heterocycles. The highest BCUT2D eigenvalue weighted by Crippen LogP contribution is 2.31. The molecule has 0 spiro atoms. The Hall–Kier alpha value is -2.11. The number of hydrogen-bond donors (Lipinski definition) is 1. The predicted octanol–water partition coefficient (Wildman–Crippen LogP) is 3.73. The smallest absolute Gasteiger partial charge is 0.404 e. The van der Waals surface area contributed by atoms with Crippen molar-refractivity contribution in [1.29, 1.82) is 0 Å². The zero-order valence-corrected chi connectivity index (χ0v) is 11.5. The van der Waals surface area contributed by atoms with Crippen molar-refractivity contribution in [2.45, 2.75) is 20.0 Å². The van der Waals surface area contributed by atoms with Gasteiger partial charge >= 0.3 is 6.18 Å². The molecule has 0 aliphatic rings. The summed E-state index contributed by atoms with van der Waals surface area (Å²) in [6.45, 7) is 3.43. The fourth-order valence-corrected chi connectivity index (χ4v) is 1.63. The summed E-state index contributed by atoms with van der Waals surface area (Å²) in [5.74, 6) is 0. The Kier molecular flexibility index (Phi) is 5.07. The van der Waals surface area contributed by atoms with Crippen LogP contribution in [-0.4, -0.2) is 18.5 Å². The number of halogens is 3. The molecular formula is C14H16F3N3. The second-order valence-corrected chi connectivity index (χ2v) is 4.13. The van der Waals surface area contributed by atoms with Gasteiger partial charge in [-0.3, -0.25) is 9.98 Å². The lowest BCUT2D eigenvalue weighted by molar-refractivity contribution is -0.137. The Balaban J connectivity index is 3.17. The Morgan fingerprint density at radius 3 is 2.35 bits per heavy atom. The summed E-state index contributed by atoms with van der Waals surface area (Å²) in [6.07, 6.45) is -3.04. The molecule has 2 N–H and O–H groups in total. The summed E-state index contributed by atoms with van der Waals surface area (Å²) < 4.78 is 37.8. The Bertz CT molecular complexity index is 569. The molecule has 0 atom stereocenters. The van der Waals surface area contributed by atoms with Gasteiger partial charge in [-0.25, -0.2) is 0 Å². The minimum absolute atomic E-state index is 0.223. The average molecular weight is 283 g/mol. The first-order valence-electron chi connectivity index (χ1n) is 5.88. The maximum atomic E-state index is 12.6. The summed E-state index contributed by atoms with van der Waals surface area (Å²) in [6, 6.07) is 4.83. The van der Waals surface area contributed by atoms with Gasteiger partial charge in [0.25, 0.3) is 0 Å². The molecule has 0 aliphatic carbocycles. The molecule has 0 unspecified atom stereocenters. The molecule has 0 bridgehead atoms. The molecule has 1 aromatic carbocycles. The number of nitrogens with zero attached hydrogens (tertiary/aromatic N) is 2. The van der Waals surface area contributed by atoms with E-state index in [1.807, 2.05) is 0 Å². The van der Waals surface area contributed by atoms with Crippen LogP contribution in [0.15, 0.2) is 46.0 Å². The number of rotatable bonds is 3. The molecule has 3 nitrogen and oxygen atoms in total. The van der Waals surface area contributed by atoms with E-state index in [2.05, 4.69) is 9.98 Å². The number of allylic oxidation sites excluding steroid dienone is 1. The molecule has 0 heterocycles. The Morgan fingerprint density at radius 2 is 1.85 bits per heavy atom. The molecule has 0 radical (unpaired) electrons. The van der Waals surface area contributed by atoms with Crippen molar-refractivity contribution >= 4 is 17.1 Å². The first-order chi connectivity index (χ1) is 9.29. The summed E-state index contributed by atoms with van der Waals surface area (Å²) in [5, 5.41) is 0. The maximum absolute atomic E-state index is 12.6. The number of alkyl halides is 3. The van der Waals surface area contributed by atoms with Gasteiger partial charge in [0, 0.05) is 30.2 Å². The molecule has 0 aliphatic heterocycles. The lowest BCUT2D eigenvalue weighted by atomic mass is 10.1. The van der Waals surface area contributed by atoms with Crippen LogP contribution in [-0.2, 0) is 6.18 Å². The van der Waals surface area contributed by atoms with Crippen LogP contribution in [0.4, 0.5) is 18.9 Å². The molecule has 108 valence electrons. The third-order valence-electron chi connectivity index (χ3n) is 2.75. The quantitative estimate of drug-likeness (QED) is 0.844. The van der Waals surface area contributed by atoms with Gasteiger partial charge in [-0.15, -0.1) is 0 Å². The first-order valence-corrected chi connectivity index (χ1v) is 5.88. The van der Waals surface area contributed by atoms with Crippen LogP contribution in [0.3, 0.4) is 0 Å². The predicted molar refractivity (Wildman–Crippen MR) is 75.5 cm³/mol. The molecular weight excluding hydrogens is 267 g/mol. The molecule has 0 saturated heterocycles. The molecule has 6 heteroatoms. The monoisotopic (exact) mass is 283 g/mol. The van der Waals surface area contributed by atoms with Crippen molar-refractivity contribution in [3.8, 4) is 0 Å². The van der Waals surface area contributed by atoms with Gasteiger partial charge in [-0.1, -0.05) is 6.07 Å². The SMILES string of the molecule is CN=C(C)C(=CN)C(C)=Nc1cccc(C(F)(F)F)c1. The van der Waals surface area contributed by atoms with Crippen LogP contribution in [0, 0.1) is 0 Å². The van der Waals surface area contributed by atoms with Crippen LogP contribution >= 0.6 is 0 Å². The summed E-state index contributed by atoms with van der Waals surface area (Å²) in [5.41, 5.74) is 6.77. The molecule has 1 rings (SSSR count). The summed E-state index contributed by atoms with van der Waals surface area (Å²) in [7, 11) is 1.61. The molecule has 20 heavy (non-hydrogen) atoms. The topological polar surface area (TPSA) is 50.7 Å². The van der Waals surface area contributed by atoms with E-state index in [4.69, 9.17) is 5.73 Å². The van der Waals surface area contributed by atoms with Crippen LogP contribution in [0.1, 0.15) is 19.4 Å². The van der Waals surface area contributed by atoms with Crippen molar-refractivity contribution < 1.29 is 13.2 Å². The van der Waals surface area contributed by atoms with Gasteiger partial charge in [0.15, 0.2) is 0 Å². The molecule has 0 amide bonds. The molecule has 0 saturated carbocycles. The van der Waals surface area contributed by atoms with E-state index in [-0.39, 0.29) is 5.69 Å². The number of aliphatic imine (C=N–C) groups is 2. The van der Waals surface area contributed by atoms with Gasteiger partial charge in [-0.2, -0.15) is 13.2 Å². The number of benzene rings is 1.